The van der Waals surface area contributed by atoms with Crippen molar-refractivity contribution in [2.75, 3.05) is 0 Å². The Kier molecular flexibility index (Phi) is 8.76. The van der Waals surface area contributed by atoms with Crippen LogP contribution in [0.25, 0.3) is 0 Å². The maximum absolute atomic E-state index is 11.0. The number of aromatic hydroxyl groups is 1. The van der Waals surface area contributed by atoms with E-state index in [4.69, 9.17) is 0 Å². The van der Waals surface area contributed by atoms with Crippen molar-refractivity contribution < 1.29 is 19.5 Å². The van der Waals surface area contributed by atoms with Crippen LogP contribution in [0.15, 0.2) is 12.1 Å². The molecule has 1 aromatic rings. The third-order valence-electron chi connectivity index (χ3n) is 3.16. The van der Waals surface area contributed by atoms with Crippen molar-refractivity contribution in [3.63, 3.8) is 0 Å². The summed E-state index contributed by atoms with van der Waals surface area (Å²) < 4.78 is 11.0. The van der Waals surface area contributed by atoms with Gasteiger partial charge in [0.1, 0.15) is 5.75 Å². The molecule has 0 unspecified atom stereocenters. The first-order valence-electron chi connectivity index (χ1n) is 6.60. The molecule has 0 spiro atoms. The topological polar surface area (TPSA) is 83.4 Å². The van der Waals surface area contributed by atoms with E-state index in [1.807, 2.05) is 41.5 Å². The first-order chi connectivity index (χ1) is 8.72. The minimum Gasteiger partial charge on any atom is -0.810 e. The zero-order chi connectivity index (χ0) is 15.9. The summed E-state index contributed by atoms with van der Waals surface area (Å²) in [5, 5.41) is 10.5. The van der Waals surface area contributed by atoms with E-state index in [0.717, 1.165) is 0 Å². The fourth-order valence-corrected chi connectivity index (χ4v) is 2.78. The van der Waals surface area contributed by atoms with Crippen LogP contribution in [-0.2, 0) is 21.6 Å². The summed E-state index contributed by atoms with van der Waals surface area (Å²) in [7, 11) is -4.63. The van der Waals surface area contributed by atoms with E-state index in [0.29, 0.717) is 16.7 Å². The summed E-state index contributed by atoms with van der Waals surface area (Å²) >= 11 is 0. The van der Waals surface area contributed by atoms with Crippen molar-refractivity contribution >= 4 is 42.3 Å². The van der Waals surface area contributed by atoms with Crippen molar-refractivity contribution in [1.29, 1.82) is 0 Å². The molecule has 1 rings (SSSR count). The second-order valence-corrected chi connectivity index (χ2v) is 8.85. The second-order valence-electron chi connectivity index (χ2n) is 7.31. The molecule has 0 aromatic heterocycles. The Labute approximate surface area is 154 Å². The molecule has 7 heteroatoms. The standard InChI is InChI=1S/C15H25O4P.2Al/c1-14(2,3)11-7-10(9-20(17,18)19)8-12(13(11)16)15(4,5)6;;/h7-8,16H,9H2,1-6H3,(H2,17,18,19);;/q;2*+3/p-2. The molecule has 0 heterocycles. The quantitative estimate of drug-likeness (QED) is 0.648. The number of rotatable bonds is 2. The largest absolute Gasteiger partial charge is 3.00 e. The van der Waals surface area contributed by atoms with Gasteiger partial charge in [-0.3, -0.25) is 0 Å². The number of hydrogen-bond donors (Lipinski definition) is 1. The van der Waals surface area contributed by atoms with Gasteiger partial charge in [0.05, 0.1) is 0 Å². The molecule has 0 aliphatic carbocycles. The molecule has 0 aliphatic rings. The zero-order valence-corrected chi connectivity index (χ0v) is 17.3. The van der Waals surface area contributed by atoms with E-state index in [-0.39, 0.29) is 51.3 Å². The number of hydrogen-bond acceptors (Lipinski definition) is 4. The van der Waals surface area contributed by atoms with Gasteiger partial charge in [0.15, 0.2) is 0 Å². The van der Waals surface area contributed by atoms with E-state index in [9.17, 15) is 19.5 Å². The molecule has 1 aromatic carbocycles. The monoisotopic (exact) mass is 352 g/mol. The molecule has 0 aliphatic heterocycles. The molecule has 0 radical (unpaired) electrons. The summed E-state index contributed by atoms with van der Waals surface area (Å²) in [4.78, 5) is 22.0. The molecule has 0 bridgehead atoms. The minimum absolute atomic E-state index is 0. The SMILES string of the molecule is CC(C)(C)c1cc(CP(=O)([O-])[O-])cc(C(C)(C)C)c1O.[Al+3].[Al+3]. The van der Waals surface area contributed by atoms with Gasteiger partial charge in [-0.2, -0.15) is 0 Å². The van der Waals surface area contributed by atoms with Crippen molar-refractivity contribution in [2.24, 2.45) is 0 Å². The van der Waals surface area contributed by atoms with Gasteiger partial charge in [-0.15, -0.1) is 0 Å². The Bertz CT molecular complexity index is 519. The van der Waals surface area contributed by atoms with Crippen LogP contribution >= 0.6 is 7.60 Å². The van der Waals surface area contributed by atoms with Gasteiger partial charge < -0.3 is 19.5 Å². The molecule has 0 atom stereocenters. The average Bonchev–Trinajstić information content (AvgIpc) is 2.14. The fourth-order valence-electron chi connectivity index (χ4n) is 2.15. The third kappa shape index (κ3) is 6.78. The van der Waals surface area contributed by atoms with Crippen LogP contribution in [0.2, 0.25) is 0 Å². The van der Waals surface area contributed by atoms with E-state index in [2.05, 4.69) is 0 Å². The summed E-state index contributed by atoms with van der Waals surface area (Å²) in [6.45, 7) is 11.6. The van der Waals surface area contributed by atoms with Crippen molar-refractivity contribution in [3.8, 4) is 5.75 Å². The van der Waals surface area contributed by atoms with Gasteiger partial charge in [-0.25, -0.2) is 0 Å². The van der Waals surface area contributed by atoms with E-state index in [1.165, 1.54) is 0 Å². The van der Waals surface area contributed by atoms with Gasteiger partial charge in [0.2, 0.25) is 0 Å². The number of phenolic OH excluding ortho intramolecular Hbond substituents is 1. The Hall–Kier alpha value is 0.235. The first-order valence-corrected chi connectivity index (χ1v) is 8.32. The number of benzene rings is 1. The molecule has 114 valence electrons. The van der Waals surface area contributed by atoms with Crippen LogP contribution in [0.5, 0.6) is 5.75 Å². The van der Waals surface area contributed by atoms with E-state index < -0.39 is 13.8 Å². The summed E-state index contributed by atoms with van der Waals surface area (Å²) in [5.74, 6) is 0.181. The Morgan fingerprint density at radius 1 is 0.955 bits per heavy atom. The van der Waals surface area contributed by atoms with Crippen LogP contribution in [0, 0.1) is 0 Å². The molecular weight excluding hydrogens is 329 g/mol. The van der Waals surface area contributed by atoms with E-state index >= 15 is 0 Å². The van der Waals surface area contributed by atoms with Gasteiger partial charge >= 0.3 is 34.7 Å². The summed E-state index contributed by atoms with van der Waals surface area (Å²) in [5.41, 5.74) is 1.08. The van der Waals surface area contributed by atoms with Crippen LogP contribution in [-0.4, -0.2) is 39.8 Å². The average molecular weight is 352 g/mol. The first kappa shape index (κ1) is 24.5. The molecule has 0 fully saturated rings. The normalized spacial score (nSPS) is 12.4. The van der Waals surface area contributed by atoms with Crippen LogP contribution < -0.4 is 9.79 Å². The summed E-state index contributed by atoms with van der Waals surface area (Å²) in [6.07, 6.45) is -0.528. The molecule has 0 amide bonds. The Morgan fingerprint density at radius 2 is 1.27 bits per heavy atom. The van der Waals surface area contributed by atoms with Crippen molar-refractivity contribution in [1.82, 2.24) is 0 Å². The van der Waals surface area contributed by atoms with Crippen LogP contribution in [0.4, 0.5) is 0 Å². The predicted molar refractivity (Wildman–Crippen MR) is 88.3 cm³/mol. The molecule has 22 heavy (non-hydrogen) atoms. The third-order valence-corrected chi connectivity index (χ3v) is 3.91. The van der Waals surface area contributed by atoms with E-state index in [1.54, 1.807) is 12.1 Å². The van der Waals surface area contributed by atoms with Gasteiger partial charge in [0, 0.05) is 6.16 Å². The van der Waals surface area contributed by atoms with Gasteiger partial charge in [-0.1, -0.05) is 61.3 Å². The fraction of sp³-hybridized carbons (Fsp3) is 0.600. The zero-order valence-electron chi connectivity index (χ0n) is 14.1. The molecule has 4 nitrogen and oxygen atoms in total. The number of phenols is 1. The predicted octanol–water partition coefficient (Wildman–Crippen LogP) is 1.64. The Morgan fingerprint density at radius 3 is 1.50 bits per heavy atom. The Balaban J connectivity index is 0. The van der Waals surface area contributed by atoms with Gasteiger partial charge in [-0.05, 0) is 27.5 Å². The maximum atomic E-state index is 11.0. The summed E-state index contributed by atoms with van der Waals surface area (Å²) in [6, 6.07) is 3.24. The van der Waals surface area contributed by atoms with Crippen molar-refractivity contribution in [3.05, 3.63) is 28.8 Å². The second kappa shape index (κ2) is 7.87. The van der Waals surface area contributed by atoms with Crippen molar-refractivity contribution in [2.45, 2.75) is 58.5 Å². The molecule has 1 N–H and O–H groups in total. The smallest absolute Gasteiger partial charge is 0.810 e. The molecular formula is C15H23Al2O4P+4. The minimum atomic E-state index is -4.63. The van der Waals surface area contributed by atoms with Gasteiger partial charge in [0.25, 0.3) is 0 Å². The van der Waals surface area contributed by atoms with Crippen LogP contribution in [0.3, 0.4) is 0 Å². The van der Waals surface area contributed by atoms with Crippen LogP contribution in [0.1, 0.15) is 58.2 Å². The maximum Gasteiger partial charge on any atom is 3.00 e. The molecule has 0 saturated heterocycles. The molecule has 0 saturated carbocycles.